The van der Waals surface area contributed by atoms with Crippen molar-refractivity contribution in [1.29, 1.82) is 0 Å². The predicted octanol–water partition coefficient (Wildman–Crippen LogP) is 4.49. The third-order valence-electron chi connectivity index (χ3n) is 4.63. The maximum atomic E-state index is 11.8. The van der Waals surface area contributed by atoms with Crippen LogP contribution in [0.25, 0.3) is 5.57 Å². The number of allylic oxidation sites excluding steroid dienone is 1. The van der Waals surface area contributed by atoms with Crippen molar-refractivity contribution in [3.63, 3.8) is 0 Å². The number of aryl methyl sites for hydroxylation is 1. The fourth-order valence-corrected chi connectivity index (χ4v) is 2.80. The quantitative estimate of drug-likeness (QED) is 0.496. The van der Waals surface area contributed by atoms with Gasteiger partial charge < -0.3 is 19.3 Å². The Morgan fingerprint density at radius 2 is 1.48 bits per heavy atom. The number of methoxy groups -OCH3 is 2. The van der Waals surface area contributed by atoms with E-state index in [4.69, 9.17) is 14.2 Å². The van der Waals surface area contributed by atoms with Gasteiger partial charge in [0, 0.05) is 7.05 Å². The number of rotatable bonds is 8. The van der Waals surface area contributed by atoms with Gasteiger partial charge in [-0.2, -0.15) is 0 Å². The highest BCUT2D eigenvalue weighted by atomic mass is 16.5. The standard InChI is InChI=1S/C17H23NO4.C8H10O/c1-5-22-17(20)10-15(16(11-19)18-3)12(2)13-6-8-14(21-4)9-7-13;1-7-3-5-8(9-2)6-4-7/h6-9,19H,5,10-11H2,1-4H3;3-6H,1-2H3/b15-12+,18-16?;. The molecule has 0 amide bonds. The molecule has 0 saturated heterocycles. The van der Waals surface area contributed by atoms with E-state index in [9.17, 15) is 9.90 Å². The first-order valence-corrected chi connectivity index (χ1v) is 10.1. The van der Waals surface area contributed by atoms with Gasteiger partial charge in [-0.1, -0.05) is 29.8 Å². The average molecular weight is 428 g/mol. The van der Waals surface area contributed by atoms with Crippen LogP contribution in [-0.4, -0.2) is 51.3 Å². The van der Waals surface area contributed by atoms with E-state index in [-0.39, 0.29) is 19.0 Å². The molecule has 2 aromatic carbocycles. The molecule has 0 bridgehead atoms. The molecular weight excluding hydrogens is 394 g/mol. The Morgan fingerprint density at radius 3 is 1.90 bits per heavy atom. The topological polar surface area (TPSA) is 77.4 Å². The zero-order valence-electron chi connectivity index (χ0n) is 19.3. The summed E-state index contributed by atoms with van der Waals surface area (Å²) in [6, 6.07) is 15.5. The Labute approximate surface area is 185 Å². The maximum absolute atomic E-state index is 11.8. The fraction of sp³-hybridized carbons (Fsp3) is 0.360. The van der Waals surface area contributed by atoms with E-state index in [1.165, 1.54) is 5.56 Å². The van der Waals surface area contributed by atoms with Crippen molar-refractivity contribution in [1.82, 2.24) is 0 Å². The van der Waals surface area contributed by atoms with Gasteiger partial charge in [0.15, 0.2) is 0 Å². The van der Waals surface area contributed by atoms with Crippen molar-refractivity contribution < 1.29 is 24.1 Å². The van der Waals surface area contributed by atoms with Crippen molar-refractivity contribution in [2.24, 2.45) is 4.99 Å². The van der Waals surface area contributed by atoms with E-state index >= 15 is 0 Å². The fourth-order valence-electron chi connectivity index (χ4n) is 2.80. The van der Waals surface area contributed by atoms with Gasteiger partial charge in [-0.25, -0.2) is 0 Å². The van der Waals surface area contributed by atoms with Crippen LogP contribution in [0.4, 0.5) is 0 Å². The number of aliphatic hydroxyl groups excluding tert-OH is 1. The van der Waals surface area contributed by atoms with Gasteiger partial charge in [-0.3, -0.25) is 9.79 Å². The van der Waals surface area contributed by atoms with Crippen LogP contribution < -0.4 is 9.47 Å². The first-order valence-electron chi connectivity index (χ1n) is 10.1. The van der Waals surface area contributed by atoms with Crippen LogP contribution in [0.3, 0.4) is 0 Å². The van der Waals surface area contributed by atoms with E-state index in [2.05, 4.69) is 11.9 Å². The summed E-state index contributed by atoms with van der Waals surface area (Å²) in [5, 5.41) is 9.48. The van der Waals surface area contributed by atoms with E-state index in [0.717, 1.165) is 22.6 Å². The number of benzene rings is 2. The van der Waals surface area contributed by atoms with E-state index < -0.39 is 0 Å². The van der Waals surface area contributed by atoms with Gasteiger partial charge >= 0.3 is 5.97 Å². The Hall–Kier alpha value is -3.12. The molecule has 1 N–H and O–H groups in total. The van der Waals surface area contributed by atoms with Crippen LogP contribution in [-0.2, 0) is 9.53 Å². The zero-order chi connectivity index (χ0) is 23.2. The lowest BCUT2D eigenvalue weighted by Gasteiger charge is -2.14. The Bertz CT molecular complexity index is 868. The molecule has 0 aliphatic carbocycles. The van der Waals surface area contributed by atoms with Crippen molar-refractivity contribution in [2.75, 3.05) is 34.5 Å². The zero-order valence-corrected chi connectivity index (χ0v) is 19.3. The number of aliphatic hydroxyl groups is 1. The summed E-state index contributed by atoms with van der Waals surface area (Å²) >= 11 is 0. The van der Waals surface area contributed by atoms with Crippen LogP contribution >= 0.6 is 0 Å². The summed E-state index contributed by atoms with van der Waals surface area (Å²) in [6.07, 6.45) is 0.0823. The second-order valence-corrected chi connectivity index (χ2v) is 6.66. The molecule has 6 nitrogen and oxygen atoms in total. The highest BCUT2D eigenvalue weighted by Crippen LogP contribution is 2.24. The molecule has 0 unspecified atom stereocenters. The minimum Gasteiger partial charge on any atom is -0.497 e. The van der Waals surface area contributed by atoms with Crippen molar-refractivity contribution in [3.05, 3.63) is 65.2 Å². The molecule has 168 valence electrons. The van der Waals surface area contributed by atoms with Crippen LogP contribution in [0.5, 0.6) is 11.5 Å². The first-order chi connectivity index (χ1) is 14.9. The number of hydrogen-bond donors (Lipinski definition) is 1. The monoisotopic (exact) mass is 427 g/mol. The normalized spacial score (nSPS) is 11.6. The third-order valence-corrected chi connectivity index (χ3v) is 4.63. The minimum absolute atomic E-state index is 0.0823. The van der Waals surface area contributed by atoms with Crippen LogP contribution in [0.15, 0.2) is 59.1 Å². The molecule has 2 aromatic rings. The number of carbonyl (C=O) groups is 1. The SMILES string of the molecule is CCOC(=O)C/C(C(CO)=NC)=C(/C)c1ccc(OC)cc1.COc1ccc(C)cc1. The van der Waals surface area contributed by atoms with Crippen molar-refractivity contribution >= 4 is 17.3 Å². The summed E-state index contributed by atoms with van der Waals surface area (Å²) in [5.74, 6) is 1.34. The molecule has 0 fully saturated rings. The Morgan fingerprint density at radius 1 is 0.968 bits per heavy atom. The summed E-state index contributed by atoms with van der Waals surface area (Å²) < 4.78 is 15.1. The third kappa shape index (κ3) is 8.64. The molecule has 0 aliphatic rings. The molecule has 0 saturated carbocycles. The summed E-state index contributed by atoms with van der Waals surface area (Å²) in [4.78, 5) is 15.9. The van der Waals surface area contributed by atoms with Gasteiger partial charge in [-0.05, 0) is 61.7 Å². The molecule has 0 radical (unpaired) electrons. The predicted molar refractivity (Wildman–Crippen MR) is 125 cm³/mol. The molecule has 0 atom stereocenters. The van der Waals surface area contributed by atoms with Crippen molar-refractivity contribution in [2.45, 2.75) is 27.2 Å². The molecule has 6 heteroatoms. The van der Waals surface area contributed by atoms with Gasteiger partial charge in [-0.15, -0.1) is 0 Å². The highest BCUT2D eigenvalue weighted by molar-refractivity contribution is 6.09. The van der Waals surface area contributed by atoms with Gasteiger partial charge in [0.25, 0.3) is 0 Å². The smallest absolute Gasteiger partial charge is 0.310 e. The van der Waals surface area contributed by atoms with E-state index in [1.807, 2.05) is 55.5 Å². The van der Waals surface area contributed by atoms with Gasteiger partial charge in [0.05, 0.1) is 39.6 Å². The Balaban J connectivity index is 0.000000442. The maximum Gasteiger partial charge on any atom is 0.310 e. The second kappa shape index (κ2) is 14.0. The summed E-state index contributed by atoms with van der Waals surface area (Å²) in [6.45, 7) is 5.82. The largest absolute Gasteiger partial charge is 0.497 e. The lowest BCUT2D eigenvalue weighted by Crippen LogP contribution is -2.15. The van der Waals surface area contributed by atoms with E-state index in [0.29, 0.717) is 17.9 Å². The second-order valence-electron chi connectivity index (χ2n) is 6.66. The lowest BCUT2D eigenvalue weighted by molar-refractivity contribution is -0.142. The lowest BCUT2D eigenvalue weighted by atomic mass is 9.95. The number of aliphatic imine (C=N–C) groups is 1. The molecule has 0 heterocycles. The average Bonchev–Trinajstić information content (AvgIpc) is 2.80. The minimum atomic E-state index is -0.333. The number of nitrogens with zero attached hydrogens (tertiary/aromatic N) is 1. The highest BCUT2D eigenvalue weighted by Gasteiger charge is 2.16. The van der Waals surface area contributed by atoms with Crippen LogP contribution in [0.2, 0.25) is 0 Å². The molecule has 0 aromatic heterocycles. The van der Waals surface area contributed by atoms with Crippen LogP contribution in [0, 0.1) is 6.92 Å². The summed E-state index contributed by atoms with van der Waals surface area (Å²) in [7, 11) is 4.88. The molecule has 0 aliphatic heterocycles. The molecular formula is C25H33NO5. The van der Waals surface area contributed by atoms with Crippen molar-refractivity contribution in [3.8, 4) is 11.5 Å². The number of esters is 1. The number of carbonyl (C=O) groups excluding carboxylic acids is 1. The van der Waals surface area contributed by atoms with Gasteiger partial charge in [0.2, 0.25) is 0 Å². The van der Waals surface area contributed by atoms with Gasteiger partial charge in [0.1, 0.15) is 11.5 Å². The van der Waals surface area contributed by atoms with Crippen LogP contribution in [0.1, 0.15) is 31.4 Å². The Kier molecular flexibility index (Phi) is 11.7. The number of ether oxygens (including phenoxy) is 3. The first kappa shape index (κ1) is 25.9. The number of hydrogen-bond acceptors (Lipinski definition) is 6. The molecule has 0 spiro atoms. The molecule has 2 rings (SSSR count). The molecule has 31 heavy (non-hydrogen) atoms. The van der Waals surface area contributed by atoms with E-state index in [1.54, 1.807) is 28.2 Å². The summed E-state index contributed by atoms with van der Waals surface area (Å²) in [5.41, 5.74) is 4.26.